The third kappa shape index (κ3) is 5.57. The van der Waals surface area contributed by atoms with E-state index in [1.165, 1.54) is 72.0 Å². The minimum Gasteiger partial charge on any atom is -0.311 e. The van der Waals surface area contributed by atoms with Crippen LogP contribution in [0, 0.1) is 0 Å². The largest absolute Gasteiger partial charge is 0.311 e. The van der Waals surface area contributed by atoms with Gasteiger partial charge >= 0.3 is 0 Å². The Morgan fingerprint density at radius 3 is 1.65 bits per heavy atom. The minimum absolute atomic E-state index is 0.222. The van der Waals surface area contributed by atoms with E-state index in [1.54, 1.807) is 0 Å². The zero-order valence-electron chi connectivity index (χ0n) is 31.0. The van der Waals surface area contributed by atoms with E-state index in [-0.39, 0.29) is 5.41 Å². The van der Waals surface area contributed by atoms with Gasteiger partial charge in [0.1, 0.15) is 0 Å². The SMILES string of the molecule is CC1(C)c2ccccc2N(c2c(-c3ccc(N(c4ccccc4)c4ccccc4)cc3)ccc3ccccc23)c2ccc(-c3ccc4ccccc4c3)cc21. The summed E-state index contributed by atoms with van der Waals surface area (Å²) in [6, 6.07) is 75.2. The number of benzene rings is 9. The standard InChI is InChI=1S/C53H40N2/c1-53(2)48-23-13-14-24-50(48)55(51-34-30-42(36-49(51)53)41-26-25-37-15-9-10-17-40(37)35-41)52-46-22-12-11-16-38(46)29-33-47(52)39-27-31-45(32-28-39)54(43-18-5-3-6-19-43)44-20-7-4-8-21-44/h3-36H,1-2H3. The molecular weight excluding hydrogens is 665 g/mol. The van der Waals surface area contributed by atoms with Crippen LogP contribution in [0.1, 0.15) is 25.0 Å². The molecule has 1 aliphatic heterocycles. The van der Waals surface area contributed by atoms with Crippen LogP contribution in [0.3, 0.4) is 0 Å². The maximum atomic E-state index is 2.53. The molecule has 0 saturated heterocycles. The van der Waals surface area contributed by atoms with Gasteiger partial charge in [0.2, 0.25) is 0 Å². The normalized spacial score (nSPS) is 13.0. The lowest BCUT2D eigenvalue weighted by atomic mass is 9.72. The number of anilines is 6. The van der Waals surface area contributed by atoms with Gasteiger partial charge in [0.25, 0.3) is 0 Å². The molecule has 2 nitrogen and oxygen atoms in total. The van der Waals surface area contributed by atoms with Crippen molar-refractivity contribution in [2.24, 2.45) is 0 Å². The fraction of sp³-hybridized carbons (Fsp3) is 0.0566. The van der Waals surface area contributed by atoms with Crippen LogP contribution in [0.25, 0.3) is 43.8 Å². The Morgan fingerprint density at radius 1 is 0.382 bits per heavy atom. The maximum Gasteiger partial charge on any atom is 0.0618 e. The van der Waals surface area contributed by atoms with E-state index in [2.05, 4.69) is 230 Å². The fourth-order valence-corrected chi connectivity index (χ4v) is 8.61. The van der Waals surface area contributed by atoms with Gasteiger partial charge in [-0.25, -0.2) is 0 Å². The number of hydrogen-bond donors (Lipinski definition) is 0. The van der Waals surface area contributed by atoms with Crippen LogP contribution in [-0.4, -0.2) is 0 Å². The first-order valence-corrected chi connectivity index (χ1v) is 19.1. The molecule has 1 heterocycles. The monoisotopic (exact) mass is 704 g/mol. The zero-order valence-corrected chi connectivity index (χ0v) is 31.0. The lowest BCUT2D eigenvalue weighted by molar-refractivity contribution is 0.632. The Morgan fingerprint density at radius 2 is 0.909 bits per heavy atom. The first-order valence-electron chi connectivity index (χ1n) is 19.1. The summed E-state index contributed by atoms with van der Waals surface area (Å²) in [5, 5.41) is 4.95. The van der Waals surface area contributed by atoms with Crippen molar-refractivity contribution in [3.05, 3.63) is 217 Å². The van der Waals surface area contributed by atoms with Crippen molar-refractivity contribution >= 4 is 55.7 Å². The third-order valence-corrected chi connectivity index (χ3v) is 11.4. The highest BCUT2D eigenvalue weighted by Crippen LogP contribution is 2.55. The predicted molar refractivity (Wildman–Crippen MR) is 234 cm³/mol. The Kier molecular flexibility index (Phi) is 7.85. The number of fused-ring (bicyclic) bond motifs is 4. The molecule has 10 rings (SSSR count). The Hall–Kier alpha value is -6.90. The van der Waals surface area contributed by atoms with Gasteiger partial charge in [-0.15, -0.1) is 0 Å². The molecule has 0 saturated carbocycles. The summed E-state index contributed by atoms with van der Waals surface area (Å²) in [6.45, 7) is 4.75. The van der Waals surface area contributed by atoms with Crippen molar-refractivity contribution in [3.63, 3.8) is 0 Å². The van der Waals surface area contributed by atoms with Gasteiger partial charge in [0, 0.05) is 33.4 Å². The molecule has 262 valence electrons. The molecule has 1 aliphatic rings. The first kappa shape index (κ1) is 32.7. The number of para-hydroxylation sites is 3. The molecule has 0 N–H and O–H groups in total. The molecule has 0 radical (unpaired) electrons. The van der Waals surface area contributed by atoms with E-state index in [1.807, 2.05) is 0 Å². The van der Waals surface area contributed by atoms with Crippen LogP contribution < -0.4 is 9.80 Å². The highest BCUT2D eigenvalue weighted by atomic mass is 15.2. The van der Waals surface area contributed by atoms with Crippen LogP contribution >= 0.6 is 0 Å². The zero-order chi connectivity index (χ0) is 36.9. The van der Waals surface area contributed by atoms with Crippen LogP contribution in [0.15, 0.2) is 206 Å². The molecule has 0 unspecified atom stereocenters. The summed E-state index contributed by atoms with van der Waals surface area (Å²) < 4.78 is 0. The van der Waals surface area contributed by atoms with E-state index in [0.717, 1.165) is 17.1 Å². The third-order valence-electron chi connectivity index (χ3n) is 11.4. The number of hydrogen-bond acceptors (Lipinski definition) is 2. The van der Waals surface area contributed by atoms with Crippen LogP contribution in [0.5, 0.6) is 0 Å². The Labute approximate surface area is 323 Å². The van der Waals surface area contributed by atoms with Gasteiger partial charge in [-0.2, -0.15) is 0 Å². The summed E-state index contributed by atoms with van der Waals surface area (Å²) in [5.41, 5.74) is 14.2. The molecule has 9 aromatic rings. The molecule has 0 amide bonds. The van der Waals surface area contributed by atoms with E-state index in [4.69, 9.17) is 0 Å². The van der Waals surface area contributed by atoms with E-state index >= 15 is 0 Å². The second kappa shape index (κ2) is 13.2. The molecule has 0 aromatic heterocycles. The average Bonchev–Trinajstić information content (AvgIpc) is 3.25. The van der Waals surface area contributed by atoms with Gasteiger partial charge < -0.3 is 9.80 Å². The van der Waals surface area contributed by atoms with Gasteiger partial charge in [0.05, 0.1) is 17.1 Å². The highest BCUT2D eigenvalue weighted by molar-refractivity contribution is 6.07. The highest BCUT2D eigenvalue weighted by Gasteiger charge is 2.38. The smallest absolute Gasteiger partial charge is 0.0618 e. The number of nitrogens with zero attached hydrogens (tertiary/aromatic N) is 2. The van der Waals surface area contributed by atoms with Crippen LogP contribution in [0.2, 0.25) is 0 Å². The Bertz CT molecular complexity index is 2800. The summed E-state index contributed by atoms with van der Waals surface area (Å²) >= 11 is 0. The summed E-state index contributed by atoms with van der Waals surface area (Å²) in [4.78, 5) is 4.85. The van der Waals surface area contributed by atoms with E-state index in [9.17, 15) is 0 Å². The van der Waals surface area contributed by atoms with Gasteiger partial charge in [-0.05, 0) is 105 Å². The maximum absolute atomic E-state index is 2.53. The van der Waals surface area contributed by atoms with E-state index in [0.29, 0.717) is 0 Å². The molecule has 0 aliphatic carbocycles. The van der Waals surface area contributed by atoms with Crippen molar-refractivity contribution in [2.75, 3.05) is 9.80 Å². The molecular formula is C53H40N2. The average molecular weight is 705 g/mol. The first-order chi connectivity index (χ1) is 27.0. The van der Waals surface area contributed by atoms with Crippen molar-refractivity contribution in [3.8, 4) is 22.3 Å². The Balaban J connectivity index is 1.16. The molecule has 0 spiro atoms. The van der Waals surface area contributed by atoms with Crippen molar-refractivity contribution in [1.29, 1.82) is 0 Å². The second-order valence-corrected chi connectivity index (χ2v) is 15.0. The summed E-state index contributed by atoms with van der Waals surface area (Å²) in [7, 11) is 0. The lowest BCUT2D eigenvalue weighted by Gasteiger charge is -2.43. The topological polar surface area (TPSA) is 6.48 Å². The van der Waals surface area contributed by atoms with E-state index < -0.39 is 0 Å². The van der Waals surface area contributed by atoms with Crippen molar-refractivity contribution in [2.45, 2.75) is 19.3 Å². The summed E-state index contributed by atoms with van der Waals surface area (Å²) in [5.74, 6) is 0. The minimum atomic E-state index is -0.222. The van der Waals surface area contributed by atoms with Gasteiger partial charge in [-0.3, -0.25) is 0 Å². The quantitative estimate of drug-likeness (QED) is 0.170. The molecule has 0 bridgehead atoms. The molecule has 55 heavy (non-hydrogen) atoms. The fourth-order valence-electron chi connectivity index (χ4n) is 8.61. The predicted octanol–water partition coefficient (Wildman–Crippen LogP) is 14.9. The van der Waals surface area contributed by atoms with Gasteiger partial charge in [-0.1, -0.05) is 159 Å². The molecule has 0 fully saturated rings. The van der Waals surface area contributed by atoms with Crippen molar-refractivity contribution in [1.82, 2.24) is 0 Å². The molecule has 2 heteroatoms. The molecule has 0 atom stereocenters. The van der Waals surface area contributed by atoms with Crippen LogP contribution in [-0.2, 0) is 5.41 Å². The molecule has 9 aromatic carbocycles. The van der Waals surface area contributed by atoms with Crippen LogP contribution in [0.4, 0.5) is 34.1 Å². The second-order valence-electron chi connectivity index (χ2n) is 15.0. The summed E-state index contributed by atoms with van der Waals surface area (Å²) in [6.07, 6.45) is 0. The van der Waals surface area contributed by atoms with Crippen molar-refractivity contribution < 1.29 is 0 Å². The lowest BCUT2D eigenvalue weighted by Crippen LogP contribution is -2.31. The number of rotatable bonds is 6. The van der Waals surface area contributed by atoms with Gasteiger partial charge in [0.15, 0.2) is 0 Å².